The number of Topliss-reactive ketones (excluding diaryl/α,β-unsaturated/α-hetero) is 1. The van der Waals surface area contributed by atoms with Gasteiger partial charge < -0.3 is 20.1 Å². The zero-order valence-corrected chi connectivity index (χ0v) is 36.2. The second kappa shape index (κ2) is 20.4. The van der Waals surface area contributed by atoms with E-state index in [0.717, 1.165) is 77.2 Å². The maximum Gasteiger partial charge on any atom is 0.335 e. The average Bonchev–Trinajstić information content (AvgIpc) is 3.54. The Bertz CT molecular complexity index is 1940. The van der Waals surface area contributed by atoms with Gasteiger partial charge in [0, 0.05) is 60.4 Å². The van der Waals surface area contributed by atoms with Crippen molar-refractivity contribution in [3.8, 4) is 0 Å². The van der Waals surface area contributed by atoms with Crippen LogP contribution in [0.15, 0.2) is 95.8 Å². The van der Waals surface area contributed by atoms with E-state index in [1.165, 1.54) is 58.9 Å². The van der Waals surface area contributed by atoms with Gasteiger partial charge in [-0.25, -0.2) is 4.79 Å². The Kier molecular flexibility index (Phi) is 15.7. The van der Waals surface area contributed by atoms with Gasteiger partial charge >= 0.3 is 5.97 Å². The normalized spacial score (nSPS) is 19.3. The molecule has 8 nitrogen and oxygen atoms in total. The molecule has 312 valence electrons. The zero-order valence-electron chi connectivity index (χ0n) is 36.2. The van der Waals surface area contributed by atoms with Crippen LogP contribution < -0.4 is 10.2 Å². The van der Waals surface area contributed by atoms with E-state index in [-0.39, 0.29) is 16.7 Å². The molecule has 3 aliphatic rings. The number of unbranched alkanes of at least 4 members (excludes halogenated alkanes) is 6. The lowest BCUT2D eigenvalue weighted by Crippen LogP contribution is -2.38. The molecule has 0 saturated carbocycles. The first-order valence-corrected chi connectivity index (χ1v) is 21.8. The average molecular weight is 791 g/mol. The van der Waals surface area contributed by atoms with Crippen LogP contribution in [0.2, 0.25) is 0 Å². The molecule has 0 spiro atoms. The number of ether oxygens (including phenoxy) is 1. The predicted molar refractivity (Wildman–Crippen MR) is 236 cm³/mol. The fourth-order valence-electron chi connectivity index (χ4n) is 8.75. The lowest BCUT2D eigenvalue weighted by Gasteiger charge is -2.27. The number of nitrogens with zero attached hydrogens (tertiary/aromatic N) is 2. The molecule has 0 radical (unpaired) electrons. The van der Waals surface area contributed by atoms with E-state index in [9.17, 15) is 19.5 Å². The van der Waals surface area contributed by atoms with Crippen LogP contribution >= 0.6 is 0 Å². The number of esters is 1. The number of hydrogen-bond acceptors (Lipinski definition) is 6. The molecule has 1 aliphatic carbocycles. The van der Waals surface area contributed by atoms with Gasteiger partial charge in [-0.05, 0) is 101 Å². The Morgan fingerprint density at radius 3 is 2.21 bits per heavy atom. The first-order valence-electron chi connectivity index (χ1n) is 21.8. The number of nitrogens with one attached hydrogen (secondary N) is 1. The third kappa shape index (κ3) is 11.1. The van der Waals surface area contributed by atoms with Crippen LogP contribution in [0.25, 0.3) is 0 Å². The number of carbonyl (C=O) groups is 3. The van der Waals surface area contributed by atoms with Crippen LogP contribution in [0.4, 0.5) is 11.4 Å². The summed E-state index contributed by atoms with van der Waals surface area (Å²) in [7, 11) is 2.18. The molecule has 0 saturated heterocycles. The molecule has 5 rings (SSSR count). The Labute approximate surface area is 347 Å². The molecular formula is C50H68N3O5+. The fraction of sp³-hybridized carbons (Fsp3) is 0.520. The highest BCUT2D eigenvalue weighted by Gasteiger charge is 2.42. The second-order valence-electron chi connectivity index (χ2n) is 17.5. The lowest BCUT2D eigenvalue weighted by molar-refractivity contribution is -0.401. The third-order valence-electron chi connectivity index (χ3n) is 12.2. The summed E-state index contributed by atoms with van der Waals surface area (Å²) in [5.74, 6) is -0.818. The van der Waals surface area contributed by atoms with E-state index in [1.807, 2.05) is 0 Å². The molecule has 2 aromatic carbocycles. The maximum atomic E-state index is 12.7. The molecule has 2 unspecified atom stereocenters. The molecule has 0 bridgehead atoms. The zero-order chi connectivity index (χ0) is 41.9. The van der Waals surface area contributed by atoms with Gasteiger partial charge in [-0.2, -0.15) is 4.58 Å². The summed E-state index contributed by atoms with van der Waals surface area (Å²) in [5, 5.41) is 12.0. The monoisotopic (exact) mass is 791 g/mol. The van der Waals surface area contributed by atoms with Gasteiger partial charge in [-0.1, -0.05) is 94.2 Å². The lowest BCUT2D eigenvalue weighted by atomic mass is 9.81. The molecule has 2 aliphatic heterocycles. The van der Waals surface area contributed by atoms with E-state index in [0.29, 0.717) is 25.2 Å². The first kappa shape index (κ1) is 44.5. The van der Waals surface area contributed by atoms with Crippen molar-refractivity contribution in [2.24, 2.45) is 0 Å². The van der Waals surface area contributed by atoms with E-state index >= 15 is 0 Å². The van der Waals surface area contributed by atoms with Gasteiger partial charge in [0.05, 0.1) is 5.41 Å². The fourth-order valence-corrected chi connectivity index (χ4v) is 8.75. The van der Waals surface area contributed by atoms with E-state index < -0.39 is 18.2 Å². The minimum absolute atomic E-state index is 0.0302. The van der Waals surface area contributed by atoms with Crippen molar-refractivity contribution in [2.45, 2.75) is 148 Å². The van der Waals surface area contributed by atoms with Gasteiger partial charge in [0.1, 0.15) is 18.9 Å². The number of carbonyl (C=O) groups excluding carboxylic acids is 3. The summed E-state index contributed by atoms with van der Waals surface area (Å²) < 4.78 is 7.25. The molecular weight excluding hydrogens is 723 g/mol. The van der Waals surface area contributed by atoms with Crippen LogP contribution in [0.5, 0.6) is 0 Å². The van der Waals surface area contributed by atoms with Crippen LogP contribution in [-0.4, -0.2) is 65.4 Å². The number of para-hydroxylation sites is 2. The predicted octanol–water partition coefficient (Wildman–Crippen LogP) is 9.87. The Balaban J connectivity index is 1.07. The van der Waals surface area contributed by atoms with Gasteiger partial charge in [0.25, 0.3) is 5.91 Å². The molecule has 1 amide bonds. The highest BCUT2D eigenvalue weighted by atomic mass is 16.6. The van der Waals surface area contributed by atoms with Gasteiger partial charge in [-0.3, -0.25) is 9.59 Å². The number of fused-ring (bicyclic) bond motifs is 2. The summed E-state index contributed by atoms with van der Waals surface area (Å²) in [6.45, 7) is 13.6. The van der Waals surface area contributed by atoms with Crippen molar-refractivity contribution in [1.29, 1.82) is 0 Å². The number of aliphatic hydroxyl groups excluding tert-OH is 1. The number of hydrogen-bond donors (Lipinski definition) is 2. The standard InChI is InChI=1S/C50H67N3O5/c1-36(54)48(57)58-37(2)47(56)51-33-18-10-8-9-12-23-40(55)24-13-11-19-34-53-44-28-17-15-26-42(44)50(5,6)46(53)32-30-39-22-20-21-38(35-39)29-31-45-49(3,4)41-25-14-16-27-43(41)52(45)7/h14-17,25-32,35-37,54H,8-13,18-24,33-34H2,1-7H3/p+1. The van der Waals surface area contributed by atoms with Crippen molar-refractivity contribution in [3.05, 3.63) is 107 Å². The van der Waals surface area contributed by atoms with Crippen molar-refractivity contribution in [3.63, 3.8) is 0 Å². The number of amides is 1. The maximum absolute atomic E-state index is 12.7. The quantitative estimate of drug-likeness (QED) is 0.0788. The van der Waals surface area contributed by atoms with Crippen molar-refractivity contribution in [2.75, 3.05) is 25.0 Å². The van der Waals surface area contributed by atoms with Gasteiger partial charge in [-0.15, -0.1) is 0 Å². The molecule has 2 heterocycles. The van der Waals surface area contributed by atoms with Crippen LogP contribution in [0.3, 0.4) is 0 Å². The van der Waals surface area contributed by atoms with Gasteiger partial charge in [0.15, 0.2) is 11.8 Å². The smallest absolute Gasteiger partial charge is 0.335 e. The van der Waals surface area contributed by atoms with E-state index in [2.05, 4.69) is 128 Å². The molecule has 2 atom stereocenters. The van der Waals surface area contributed by atoms with E-state index in [4.69, 9.17) is 4.74 Å². The molecule has 58 heavy (non-hydrogen) atoms. The summed E-state index contributed by atoms with van der Waals surface area (Å²) in [5.41, 5.74) is 10.6. The highest BCUT2D eigenvalue weighted by Crippen LogP contribution is 2.48. The number of allylic oxidation sites excluding steroid dienone is 8. The molecule has 8 heteroatoms. The van der Waals surface area contributed by atoms with Crippen LogP contribution in [0.1, 0.15) is 136 Å². The van der Waals surface area contributed by atoms with Crippen molar-refractivity contribution >= 4 is 34.7 Å². The van der Waals surface area contributed by atoms with Crippen molar-refractivity contribution in [1.82, 2.24) is 5.32 Å². The highest BCUT2D eigenvalue weighted by molar-refractivity contribution is 6.03. The topological polar surface area (TPSA) is 98.9 Å². The Morgan fingerprint density at radius 1 is 0.828 bits per heavy atom. The minimum Gasteiger partial charge on any atom is -0.451 e. The van der Waals surface area contributed by atoms with Crippen molar-refractivity contribution < 1.29 is 28.8 Å². The summed E-state index contributed by atoms with van der Waals surface area (Å²) >= 11 is 0. The van der Waals surface area contributed by atoms with Gasteiger partial charge in [0.2, 0.25) is 5.69 Å². The number of rotatable bonds is 20. The van der Waals surface area contributed by atoms with Crippen LogP contribution in [-0.2, 0) is 30.0 Å². The Morgan fingerprint density at radius 2 is 1.48 bits per heavy atom. The second-order valence-corrected chi connectivity index (χ2v) is 17.5. The Hall–Kier alpha value is -4.56. The van der Waals surface area contributed by atoms with E-state index in [1.54, 1.807) is 0 Å². The largest absolute Gasteiger partial charge is 0.451 e. The number of benzene rings is 2. The molecule has 0 aromatic heterocycles. The third-order valence-corrected chi connectivity index (χ3v) is 12.2. The number of aliphatic hydroxyl groups is 1. The SMILES string of the molecule is CC(O)C(=O)OC(C)C(=O)NCCCCCCCC(=O)CCCCCN1C(=CC=C2C=C(C=CC3=[N+](C)c4ccccc4C3(C)C)CCC2)C(C)(C)c2ccccc21. The van der Waals surface area contributed by atoms with Crippen LogP contribution in [0, 0.1) is 0 Å². The minimum atomic E-state index is -1.25. The number of ketones is 1. The first-order chi connectivity index (χ1) is 27.7. The summed E-state index contributed by atoms with van der Waals surface area (Å²) in [6.07, 6.45) is 21.9. The molecule has 2 N–H and O–H groups in total. The summed E-state index contributed by atoms with van der Waals surface area (Å²) in [6, 6.07) is 17.6. The summed E-state index contributed by atoms with van der Waals surface area (Å²) in [4.78, 5) is 38.7. The number of anilines is 1. The molecule has 2 aromatic rings. The molecule has 0 fully saturated rings.